The normalized spacial score (nSPS) is 10.1. The Morgan fingerprint density at radius 3 is 2.50 bits per heavy atom. The van der Waals surface area contributed by atoms with Crippen molar-refractivity contribution in [3.63, 3.8) is 0 Å². The second-order valence-electron chi connectivity index (χ2n) is 4.12. The average Bonchev–Trinajstić information content (AvgIpc) is 2.34. The second kappa shape index (κ2) is 4.87. The van der Waals surface area contributed by atoms with Crippen LogP contribution >= 0.6 is 0 Å². The van der Waals surface area contributed by atoms with Crippen molar-refractivity contribution in [2.45, 2.75) is 13.8 Å². The van der Waals surface area contributed by atoms with Crippen molar-refractivity contribution in [1.82, 2.24) is 4.98 Å². The van der Waals surface area contributed by atoms with Crippen LogP contribution in [0.2, 0.25) is 0 Å². The van der Waals surface area contributed by atoms with Gasteiger partial charge in [0.25, 0.3) is 0 Å². The van der Waals surface area contributed by atoms with E-state index in [0.717, 1.165) is 16.8 Å². The summed E-state index contributed by atoms with van der Waals surface area (Å²) in [5.74, 6) is -0.989. The predicted octanol–water partition coefficient (Wildman–Crippen LogP) is 3.14. The summed E-state index contributed by atoms with van der Waals surface area (Å²) in [6, 6.07) is 7.60. The van der Waals surface area contributed by atoms with Crippen LogP contribution in [-0.4, -0.2) is 16.1 Å². The predicted molar refractivity (Wildman–Crippen MR) is 70.4 cm³/mol. The lowest BCUT2D eigenvalue weighted by Gasteiger charge is -2.14. The standard InChI is InChI=1S/C14H14N2O2/c1-9-4-3-5-10(2)13(9)16-12-6-7-15-8-11(12)14(17)18/h3-8H,1-2H3,(H,15,16)(H,17,18). The van der Waals surface area contributed by atoms with Gasteiger partial charge in [-0.1, -0.05) is 18.2 Å². The third-order valence-electron chi connectivity index (χ3n) is 2.79. The molecule has 18 heavy (non-hydrogen) atoms. The largest absolute Gasteiger partial charge is 0.478 e. The maximum atomic E-state index is 11.1. The molecular formula is C14H14N2O2. The number of hydrogen-bond acceptors (Lipinski definition) is 3. The van der Waals surface area contributed by atoms with Gasteiger partial charge in [0.05, 0.1) is 5.69 Å². The molecule has 4 heteroatoms. The van der Waals surface area contributed by atoms with Gasteiger partial charge in [0.15, 0.2) is 0 Å². The Bertz CT molecular complexity index is 574. The van der Waals surface area contributed by atoms with Crippen LogP contribution in [0, 0.1) is 13.8 Å². The quantitative estimate of drug-likeness (QED) is 0.868. The molecule has 0 aliphatic rings. The van der Waals surface area contributed by atoms with Crippen LogP contribution in [0.3, 0.4) is 0 Å². The number of nitrogens with zero attached hydrogens (tertiary/aromatic N) is 1. The van der Waals surface area contributed by atoms with Gasteiger partial charge < -0.3 is 10.4 Å². The number of aromatic nitrogens is 1. The molecule has 0 bridgehead atoms. The third kappa shape index (κ3) is 2.32. The Labute approximate surface area is 105 Å². The fourth-order valence-corrected chi connectivity index (χ4v) is 1.82. The highest BCUT2D eigenvalue weighted by Crippen LogP contribution is 2.25. The van der Waals surface area contributed by atoms with E-state index in [1.807, 2.05) is 32.0 Å². The summed E-state index contributed by atoms with van der Waals surface area (Å²) in [5.41, 5.74) is 3.80. The highest BCUT2D eigenvalue weighted by molar-refractivity contribution is 5.95. The summed E-state index contributed by atoms with van der Waals surface area (Å²) < 4.78 is 0. The molecule has 1 heterocycles. The number of nitrogens with one attached hydrogen (secondary N) is 1. The lowest BCUT2D eigenvalue weighted by atomic mass is 10.1. The molecule has 0 radical (unpaired) electrons. The lowest BCUT2D eigenvalue weighted by molar-refractivity contribution is 0.0697. The minimum Gasteiger partial charge on any atom is -0.478 e. The smallest absolute Gasteiger partial charge is 0.339 e. The van der Waals surface area contributed by atoms with Crippen LogP contribution in [0.5, 0.6) is 0 Å². The van der Waals surface area contributed by atoms with Crippen molar-refractivity contribution in [2.75, 3.05) is 5.32 Å². The molecule has 0 aliphatic carbocycles. The van der Waals surface area contributed by atoms with E-state index < -0.39 is 5.97 Å². The lowest BCUT2D eigenvalue weighted by Crippen LogP contribution is -2.04. The van der Waals surface area contributed by atoms with Gasteiger partial charge in [0.1, 0.15) is 5.56 Å². The summed E-state index contributed by atoms with van der Waals surface area (Å²) in [7, 11) is 0. The third-order valence-corrected chi connectivity index (χ3v) is 2.79. The van der Waals surface area contributed by atoms with Gasteiger partial charge in [-0.2, -0.15) is 0 Å². The molecule has 1 aromatic carbocycles. The zero-order valence-corrected chi connectivity index (χ0v) is 10.3. The van der Waals surface area contributed by atoms with E-state index in [4.69, 9.17) is 5.11 Å². The van der Waals surface area contributed by atoms with E-state index in [2.05, 4.69) is 10.3 Å². The van der Waals surface area contributed by atoms with Crippen molar-refractivity contribution >= 4 is 17.3 Å². The van der Waals surface area contributed by atoms with Gasteiger partial charge in [0.2, 0.25) is 0 Å². The minimum atomic E-state index is -0.989. The number of aromatic carboxylic acids is 1. The molecule has 0 atom stereocenters. The molecule has 0 spiro atoms. The fourth-order valence-electron chi connectivity index (χ4n) is 1.82. The number of hydrogen-bond donors (Lipinski definition) is 2. The van der Waals surface area contributed by atoms with E-state index in [9.17, 15) is 4.79 Å². The number of rotatable bonds is 3. The van der Waals surface area contributed by atoms with Crippen LogP contribution in [0.15, 0.2) is 36.7 Å². The summed E-state index contributed by atoms with van der Waals surface area (Å²) in [4.78, 5) is 14.9. The summed E-state index contributed by atoms with van der Waals surface area (Å²) >= 11 is 0. The SMILES string of the molecule is Cc1cccc(C)c1Nc1ccncc1C(=O)O. The molecule has 0 saturated carbocycles. The van der Waals surface area contributed by atoms with Crippen molar-refractivity contribution in [3.8, 4) is 0 Å². The first-order valence-corrected chi connectivity index (χ1v) is 5.60. The summed E-state index contributed by atoms with van der Waals surface area (Å²) in [6.45, 7) is 3.97. The monoisotopic (exact) mass is 242 g/mol. The highest BCUT2D eigenvalue weighted by Gasteiger charge is 2.11. The Balaban J connectivity index is 2.43. The summed E-state index contributed by atoms with van der Waals surface area (Å²) in [5, 5.41) is 12.3. The molecule has 2 rings (SSSR count). The first kappa shape index (κ1) is 12.1. The van der Waals surface area contributed by atoms with E-state index >= 15 is 0 Å². The van der Waals surface area contributed by atoms with Crippen LogP contribution in [0.4, 0.5) is 11.4 Å². The number of pyridine rings is 1. The van der Waals surface area contributed by atoms with Crippen LogP contribution in [-0.2, 0) is 0 Å². The number of carboxylic acids is 1. The Kier molecular flexibility index (Phi) is 3.28. The van der Waals surface area contributed by atoms with Gasteiger partial charge in [-0.05, 0) is 31.0 Å². The number of carboxylic acid groups (broad SMARTS) is 1. The van der Waals surface area contributed by atoms with Gasteiger partial charge in [0, 0.05) is 18.1 Å². The van der Waals surface area contributed by atoms with Gasteiger partial charge >= 0.3 is 5.97 Å². The molecule has 0 aliphatic heterocycles. The average molecular weight is 242 g/mol. The van der Waals surface area contributed by atoms with Crippen molar-refractivity contribution in [1.29, 1.82) is 0 Å². The zero-order valence-electron chi connectivity index (χ0n) is 10.3. The molecule has 0 amide bonds. The Morgan fingerprint density at radius 1 is 1.22 bits per heavy atom. The molecule has 0 saturated heterocycles. The van der Waals surface area contributed by atoms with Crippen LogP contribution < -0.4 is 5.32 Å². The molecule has 2 aromatic rings. The number of aryl methyl sites for hydroxylation is 2. The van der Waals surface area contributed by atoms with Crippen molar-refractivity contribution < 1.29 is 9.90 Å². The molecule has 0 unspecified atom stereocenters. The maximum Gasteiger partial charge on any atom is 0.339 e. The van der Waals surface area contributed by atoms with Crippen LogP contribution in [0.25, 0.3) is 0 Å². The zero-order chi connectivity index (χ0) is 13.1. The molecular weight excluding hydrogens is 228 g/mol. The minimum absolute atomic E-state index is 0.167. The second-order valence-corrected chi connectivity index (χ2v) is 4.12. The first-order chi connectivity index (χ1) is 8.59. The molecule has 1 aromatic heterocycles. The van der Waals surface area contributed by atoms with Crippen LogP contribution in [0.1, 0.15) is 21.5 Å². The van der Waals surface area contributed by atoms with Gasteiger partial charge in [-0.15, -0.1) is 0 Å². The van der Waals surface area contributed by atoms with Gasteiger partial charge in [-0.3, -0.25) is 4.98 Å². The number of anilines is 2. The van der Waals surface area contributed by atoms with E-state index in [0.29, 0.717) is 5.69 Å². The molecule has 0 fully saturated rings. The first-order valence-electron chi connectivity index (χ1n) is 5.60. The van der Waals surface area contributed by atoms with Crippen molar-refractivity contribution in [3.05, 3.63) is 53.3 Å². The van der Waals surface area contributed by atoms with Gasteiger partial charge in [-0.25, -0.2) is 4.79 Å². The summed E-state index contributed by atoms with van der Waals surface area (Å²) in [6.07, 6.45) is 2.92. The van der Waals surface area contributed by atoms with Crippen molar-refractivity contribution in [2.24, 2.45) is 0 Å². The number of carbonyl (C=O) groups is 1. The van der Waals surface area contributed by atoms with E-state index in [-0.39, 0.29) is 5.56 Å². The Morgan fingerprint density at radius 2 is 1.89 bits per heavy atom. The van der Waals surface area contributed by atoms with E-state index in [1.54, 1.807) is 12.3 Å². The topological polar surface area (TPSA) is 62.2 Å². The molecule has 92 valence electrons. The number of benzene rings is 1. The molecule has 4 nitrogen and oxygen atoms in total. The number of para-hydroxylation sites is 1. The highest BCUT2D eigenvalue weighted by atomic mass is 16.4. The maximum absolute atomic E-state index is 11.1. The fraction of sp³-hybridized carbons (Fsp3) is 0.143. The Hall–Kier alpha value is -2.36. The van der Waals surface area contributed by atoms with E-state index in [1.165, 1.54) is 6.20 Å². The molecule has 2 N–H and O–H groups in total.